The van der Waals surface area contributed by atoms with Crippen molar-refractivity contribution >= 4 is 33.2 Å². The Balaban J connectivity index is 1.46. The third-order valence-electron chi connectivity index (χ3n) is 6.80. The fraction of sp³-hybridized carbons (Fsp3) is 0.458. The molecule has 0 radical (unpaired) electrons. The van der Waals surface area contributed by atoms with E-state index in [4.69, 9.17) is 15.2 Å². The van der Waals surface area contributed by atoms with Crippen LogP contribution in [0.15, 0.2) is 30.6 Å². The second-order valence-corrected chi connectivity index (χ2v) is 11.4. The summed E-state index contributed by atoms with van der Waals surface area (Å²) < 4.78 is 41.0. The molecule has 1 amide bonds. The van der Waals surface area contributed by atoms with Crippen LogP contribution in [0.2, 0.25) is 0 Å². The molecule has 5 heterocycles. The number of rotatable bonds is 6. The van der Waals surface area contributed by atoms with E-state index in [1.807, 2.05) is 11.0 Å². The van der Waals surface area contributed by atoms with E-state index >= 15 is 0 Å². The number of aromatic nitrogens is 4. The number of hydrogen-bond acceptors (Lipinski definition) is 9. The molecule has 38 heavy (non-hydrogen) atoms. The topological polar surface area (TPSA) is 140 Å². The molecule has 5 rings (SSSR count). The van der Waals surface area contributed by atoms with Gasteiger partial charge in [-0.1, -0.05) is 0 Å². The summed E-state index contributed by atoms with van der Waals surface area (Å²) in [6.07, 6.45) is 5.57. The normalized spacial score (nSPS) is 18.9. The molecule has 0 aromatic carbocycles. The van der Waals surface area contributed by atoms with E-state index in [9.17, 15) is 17.6 Å². The van der Waals surface area contributed by atoms with Gasteiger partial charge >= 0.3 is 0 Å². The Morgan fingerprint density at radius 2 is 2.00 bits per heavy atom. The summed E-state index contributed by atoms with van der Waals surface area (Å²) in [5.41, 5.74) is 1.05. The Kier molecular flexibility index (Phi) is 7.13. The number of carbonyl (C=O) groups excluding carboxylic acids is 1. The number of nitrogens with zero attached hydrogens (tertiary/aromatic N) is 8. The monoisotopic (exact) mass is 541 g/mol. The molecule has 2 aliphatic rings. The van der Waals surface area contributed by atoms with E-state index < -0.39 is 15.8 Å². The van der Waals surface area contributed by atoms with Gasteiger partial charge in [-0.3, -0.25) is 9.20 Å². The number of sulfonamides is 1. The molecule has 14 heteroatoms. The van der Waals surface area contributed by atoms with Crippen LogP contribution in [0.5, 0.6) is 0 Å². The van der Waals surface area contributed by atoms with Crippen LogP contribution >= 0.6 is 0 Å². The van der Waals surface area contributed by atoms with Gasteiger partial charge in [0.25, 0.3) is 0 Å². The fourth-order valence-corrected chi connectivity index (χ4v) is 5.69. The fourth-order valence-electron chi connectivity index (χ4n) is 4.86. The van der Waals surface area contributed by atoms with E-state index in [1.165, 1.54) is 22.8 Å². The third kappa shape index (κ3) is 5.53. The number of halogens is 1. The molecule has 2 fully saturated rings. The minimum absolute atomic E-state index is 0.0799. The maximum atomic E-state index is 14.0. The predicted molar refractivity (Wildman–Crippen MR) is 138 cm³/mol. The Bertz CT molecular complexity index is 1500. The average molecular weight is 542 g/mol. The Morgan fingerprint density at radius 1 is 1.21 bits per heavy atom. The van der Waals surface area contributed by atoms with Gasteiger partial charge in [0.15, 0.2) is 5.82 Å². The van der Waals surface area contributed by atoms with Crippen LogP contribution in [-0.4, -0.2) is 94.4 Å². The molecule has 2 aliphatic heterocycles. The minimum atomic E-state index is -3.29. The molecule has 12 nitrogen and oxygen atoms in total. The SMILES string of the molecule is CS(=O)(=O)N1CCN(c2cc(N[C@@H]3CCCN(C(=O)CC#N)C3)nc(-c3cnc4ccc(F)cn34)n2)CC1. The predicted octanol–water partition coefficient (Wildman–Crippen LogP) is 1.33. The smallest absolute Gasteiger partial charge is 0.236 e. The highest BCUT2D eigenvalue weighted by molar-refractivity contribution is 7.88. The molecule has 200 valence electrons. The molecule has 3 aromatic rings. The van der Waals surface area contributed by atoms with Crippen molar-refractivity contribution in [1.29, 1.82) is 5.26 Å². The van der Waals surface area contributed by atoms with E-state index in [0.717, 1.165) is 12.8 Å². The average Bonchev–Trinajstić information content (AvgIpc) is 3.31. The van der Waals surface area contributed by atoms with Crippen LogP contribution in [-0.2, 0) is 14.8 Å². The van der Waals surface area contributed by atoms with Gasteiger partial charge in [-0.15, -0.1) is 0 Å². The van der Waals surface area contributed by atoms with Crippen LogP contribution < -0.4 is 10.2 Å². The largest absolute Gasteiger partial charge is 0.365 e. The zero-order valence-corrected chi connectivity index (χ0v) is 21.7. The first-order chi connectivity index (χ1) is 18.2. The summed E-state index contributed by atoms with van der Waals surface area (Å²) in [7, 11) is -3.29. The maximum Gasteiger partial charge on any atom is 0.236 e. The highest BCUT2D eigenvalue weighted by atomic mass is 32.2. The number of amides is 1. The van der Waals surface area contributed by atoms with Gasteiger partial charge in [0.05, 0.1) is 18.5 Å². The lowest BCUT2D eigenvalue weighted by molar-refractivity contribution is -0.131. The second kappa shape index (κ2) is 10.5. The van der Waals surface area contributed by atoms with E-state index in [0.29, 0.717) is 68.1 Å². The number of hydrogen-bond donors (Lipinski definition) is 1. The van der Waals surface area contributed by atoms with Crippen molar-refractivity contribution in [2.45, 2.75) is 25.3 Å². The number of fused-ring (bicyclic) bond motifs is 1. The molecule has 0 spiro atoms. The van der Waals surface area contributed by atoms with E-state index in [1.54, 1.807) is 27.6 Å². The Morgan fingerprint density at radius 3 is 2.74 bits per heavy atom. The highest BCUT2D eigenvalue weighted by Gasteiger charge is 2.27. The zero-order valence-electron chi connectivity index (χ0n) is 20.9. The van der Waals surface area contributed by atoms with Crippen molar-refractivity contribution in [2.24, 2.45) is 0 Å². The van der Waals surface area contributed by atoms with E-state index in [2.05, 4.69) is 10.3 Å². The number of nitrogens with one attached hydrogen (secondary N) is 1. The number of likely N-dealkylation sites (tertiary alicyclic amines) is 1. The summed E-state index contributed by atoms with van der Waals surface area (Å²) in [5, 5.41) is 12.3. The van der Waals surface area contributed by atoms with Crippen LogP contribution in [0.4, 0.5) is 16.0 Å². The van der Waals surface area contributed by atoms with Gasteiger partial charge in [0.2, 0.25) is 15.9 Å². The summed E-state index contributed by atoms with van der Waals surface area (Å²) in [6, 6.07) is 6.54. The van der Waals surface area contributed by atoms with Crippen LogP contribution in [0.3, 0.4) is 0 Å². The molecular formula is C24H28FN9O3S. The van der Waals surface area contributed by atoms with Gasteiger partial charge in [-0.25, -0.2) is 27.8 Å². The molecule has 0 saturated carbocycles. The molecule has 0 bridgehead atoms. The van der Waals surface area contributed by atoms with Gasteiger partial charge in [0.1, 0.15) is 35.2 Å². The molecule has 1 N–H and O–H groups in total. The van der Waals surface area contributed by atoms with Gasteiger partial charge in [0, 0.05) is 57.6 Å². The number of carbonyl (C=O) groups is 1. The number of nitriles is 1. The van der Waals surface area contributed by atoms with Crippen LogP contribution in [0.25, 0.3) is 17.2 Å². The molecular weight excluding hydrogens is 513 g/mol. The number of piperidine rings is 1. The van der Waals surface area contributed by atoms with Gasteiger partial charge < -0.3 is 15.1 Å². The lowest BCUT2D eigenvalue weighted by Gasteiger charge is -2.35. The molecule has 3 aromatic heterocycles. The Labute approximate surface area is 219 Å². The van der Waals surface area contributed by atoms with Gasteiger partial charge in [-0.2, -0.15) is 9.57 Å². The third-order valence-corrected chi connectivity index (χ3v) is 8.10. The number of piperazine rings is 1. The highest BCUT2D eigenvalue weighted by Crippen LogP contribution is 2.26. The Hall–Kier alpha value is -3.83. The van der Waals surface area contributed by atoms with Crippen molar-refractivity contribution in [2.75, 3.05) is 55.7 Å². The number of anilines is 2. The van der Waals surface area contributed by atoms with Crippen molar-refractivity contribution in [3.63, 3.8) is 0 Å². The quantitative estimate of drug-likeness (QED) is 0.489. The van der Waals surface area contributed by atoms with Crippen molar-refractivity contribution < 1.29 is 17.6 Å². The number of pyridine rings is 1. The maximum absolute atomic E-state index is 14.0. The van der Waals surface area contributed by atoms with Crippen molar-refractivity contribution in [1.82, 2.24) is 28.6 Å². The second-order valence-electron chi connectivity index (χ2n) is 9.46. The van der Waals surface area contributed by atoms with E-state index in [-0.39, 0.29) is 18.4 Å². The molecule has 2 saturated heterocycles. The van der Waals surface area contributed by atoms with Crippen LogP contribution in [0, 0.1) is 17.1 Å². The first-order valence-corrected chi connectivity index (χ1v) is 14.2. The lowest BCUT2D eigenvalue weighted by Crippen LogP contribution is -2.48. The van der Waals surface area contributed by atoms with Gasteiger partial charge in [-0.05, 0) is 25.0 Å². The first-order valence-electron chi connectivity index (χ1n) is 12.3. The summed E-state index contributed by atoms with van der Waals surface area (Å²) in [4.78, 5) is 29.8. The standard InChI is InChI=1S/C24H28FN9O3S/c1-38(36,37)33-11-9-31(10-12-33)22-13-20(28-18-3-2-8-32(16-18)23(35)6-7-26)29-24(30-22)19-14-27-21-5-4-17(25)15-34(19)21/h4-5,13-15,18H,2-3,6,8-12,16H2,1H3,(H,28,29,30)/t18-/m1/s1. The van der Waals surface area contributed by atoms with Crippen molar-refractivity contribution in [3.05, 3.63) is 36.4 Å². The van der Waals surface area contributed by atoms with Crippen LogP contribution in [0.1, 0.15) is 19.3 Å². The summed E-state index contributed by atoms with van der Waals surface area (Å²) in [6.45, 7) is 2.62. The molecule has 0 unspecified atom stereocenters. The zero-order chi connectivity index (χ0) is 26.9. The summed E-state index contributed by atoms with van der Waals surface area (Å²) >= 11 is 0. The lowest BCUT2D eigenvalue weighted by atomic mass is 10.1. The number of imidazole rings is 1. The summed E-state index contributed by atoms with van der Waals surface area (Å²) in [5.74, 6) is 0.848. The molecule has 0 aliphatic carbocycles. The molecule has 1 atom stereocenters. The first kappa shape index (κ1) is 25.8. The van der Waals surface area contributed by atoms with Crippen molar-refractivity contribution in [3.8, 4) is 17.6 Å². The minimum Gasteiger partial charge on any atom is -0.365 e.